The number of rotatable bonds is 5. The molecule has 1 atom stereocenters. The summed E-state index contributed by atoms with van der Waals surface area (Å²) in [6.07, 6.45) is 0. The second-order valence-corrected chi connectivity index (χ2v) is 5.78. The van der Waals surface area contributed by atoms with Gasteiger partial charge in [0.1, 0.15) is 5.78 Å². The molecule has 0 aliphatic carbocycles. The van der Waals surface area contributed by atoms with Crippen molar-refractivity contribution in [1.29, 1.82) is 0 Å². The van der Waals surface area contributed by atoms with E-state index in [1.165, 1.54) is 30.3 Å². The van der Waals surface area contributed by atoms with Gasteiger partial charge in [0.05, 0.1) is 10.9 Å². The van der Waals surface area contributed by atoms with Crippen LogP contribution in [0.25, 0.3) is 5.69 Å². The van der Waals surface area contributed by atoms with Gasteiger partial charge in [-0.1, -0.05) is 17.8 Å². The average molecular weight is 305 g/mol. The van der Waals surface area contributed by atoms with Gasteiger partial charge in [-0.25, -0.2) is 0 Å². The summed E-state index contributed by atoms with van der Waals surface area (Å²) in [5.74, 6) is -0.0924. The third-order valence-corrected chi connectivity index (χ3v) is 3.86. The molecule has 110 valence electrons. The van der Waals surface area contributed by atoms with E-state index in [4.69, 9.17) is 0 Å². The Kier molecular flexibility index (Phi) is 4.69. The Bertz CT molecular complexity index is 670. The molecule has 21 heavy (non-hydrogen) atoms. The summed E-state index contributed by atoms with van der Waals surface area (Å²) in [5.41, 5.74) is 1.37. The smallest absolute Gasteiger partial charge is 0.221 e. The Morgan fingerprint density at radius 1 is 1.33 bits per heavy atom. The number of aromatic nitrogens is 4. The number of anilines is 1. The predicted molar refractivity (Wildman–Crippen MR) is 79.5 cm³/mol. The lowest BCUT2D eigenvalue weighted by atomic mass is 10.3. The summed E-state index contributed by atoms with van der Waals surface area (Å²) in [6, 6.07) is 7.16. The van der Waals surface area contributed by atoms with Crippen molar-refractivity contribution >= 4 is 29.1 Å². The molecule has 0 fully saturated rings. The van der Waals surface area contributed by atoms with Crippen LogP contribution >= 0.6 is 11.8 Å². The largest absolute Gasteiger partial charge is 0.326 e. The van der Waals surface area contributed by atoms with Crippen LogP contribution in [0, 0.1) is 0 Å². The summed E-state index contributed by atoms with van der Waals surface area (Å²) >= 11 is 1.29. The molecule has 1 heterocycles. The lowest BCUT2D eigenvalue weighted by Crippen LogP contribution is -2.10. The number of tetrazole rings is 1. The lowest BCUT2D eigenvalue weighted by Gasteiger charge is -2.09. The van der Waals surface area contributed by atoms with Gasteiger partial charge in [-0.15, -0.1) is 5.10 Å². The van der Waals surface area contributed by atoms with E-state index >= 15 is 0 Å². The minimum absolute atomic E-state index is 0.0570. The van der Waals surface area contributed by atoms with E-state index in [-0.39, 0.29) is 16.9 Å². The maximum absolute atomic E-state index is 11.3. The topological polar surface area (TPSA) is 89.8 Å². The highest BCUT2D eigenvalue weighted by Gasteiger charge is 2.16. The molecule has 0 unspecified atom stereocenters. The Hall–Kier alpha value is -2.22. The van der Waals surface area contributed by atoms with E-state index in [1.54, 1.807) is 25.1 Å². The maximum Gasteiger partial charge on any atom is 0.221 e. The lowest BCUT2D eigenvalue weighted by molar-refractivity contribution is -0.116. The van der Waals surface area contributed by atoms with E-state index in [0.29, 0.717) is 16.5 Å². The van der Waals surface area contributed by atoms with Gasteiger partial charge in [0, 0.05) is 12.6 Å². The molecule has 0 aliphatic rings. The van der Waals surface area contributed by atoms with Crippen LogP contribution in [0.4, 0.5) is 5.69 Å². The molecule has 2 aromatic rings. The number of thioether (sulfide) groups is 1. The number of amides is 1. The van der Waals surface area contributed by atoms with Crippen molar-refractivity contribution < 1.29 is 9.59 Å². The zero-order chi connectivity index (χ0) is 15.4. The third-order valence-electron chi connectivity index (χ3n) is 2.71. The van der Waals surface area contributed by atoms with Crippen LogP contribution in [0.15, 0.2) is 29.4 Å². The summed E-state index contributed by atoms with van der Waals surface area (Å²) in [7, 11) is 0. The molecule has 2 rings (SSSR count). The minimum atomic E-state index is -0.228. The first-order chi connectivity index (χ1) is 9.97. The van der Waals surface area contributed by atoms with Gasteiger partial charge >= 0.3 is 0 Å². The summed E-state index contributed by atoms with van der Waals surface area (Å²) in [5, 5.41) is 14.5. The zero-order valence-electron chi connectivity index (χ0n) is 11.9. The van der Waals surface area contributed by atoms with Gasteiger partial charge in [-0.05, 0) is 42.5 Å². The van der Waals surface area contributed by atoms with Crippen molar-refractivity contribution in [2.75, 3.05) is 5.32 Å². The van der Waals surface area contributed by atoms with Crippen molar-refractivity contribution in [2.45, 2.75) is 31.2 Å². The molecular weight excluding hydrogens is 290 g/mol. The van der Waals surface area contributed by atoms with Crippen molar-refractivity contribution in [1.82, 2.24) is 20.2 Å². The molecule has 0 spiro atoms. The van der Waals surface area contributed by atoms with Crippen molar-refractivity contribution in [3.05, 3.63) is 24.3 Å². The number of carbonyl (C=O) groups excluding carboxylic acids is 2. The van der Waals surface area contributed by atoms with E-state index < -0.39 is 0 Å². The van der Waals surface area contributed by atoms with E-state index in [2.05, 4.69) is 20.8 Å². The van der Waals surface area contributed by atoms with Gasteiger partial charge < -0.3 is 5.32 Å². The van der Waals surface area contributed by atoms with Crippen LogP contribution in [-0.4, -0.2) is 37.1 Å². The van der Waals surface area contributed by atoms with Crippen molar-refractivity contribution in [2.24, 2.45) is 0 Å². The predicted octanol–water partition coefficient (Wildman–Crippen LogP) is 1.69. The number of ketones is 1. The van der Waals surface area contributed by atoms with Crippen LogP contribution in [0.2, 0.25) is 0 Å². The molecule has 0 bridgehead atoms. The molecular formula is C13H15N5O2S. The summed E-state index contributed by atoms with van der Waals surface area (Å²) in [4.78, 5) is 22.4. The zero-order valence-corrected chi connectivity index (χ0v) is 12.7. The fourth-order valence-electron chi connectivity index (χ4n) is 1.57. The fraction of sp³-hybridized carbons (Fsp3) is 0.308. The quantitative estimate of drug-likeness (QED) is 0.845. The first-order valence-corrected chi connectivity index (χ1v) is 7.19. The van der Waals surface area contributed by atoms with Crippen LogP contribution < -0.4 is 5.32 Å². The second kappa shape index (κ2) is 6.49. The molecule has 0 saturated carbocycles. The molecule has 0 aliphatic heterocycles. The maximum atomic E-state index is 11.3. The highest BCUT2D eigenvalue weighted by molar-refractivity contribution is 8.00. The summed E-state index contributed by atoms with van der Waals surface area (Å²) in [6.45, 7) is 4.78. The molecule has 1 aromatic carbocycles. The Morgan fingerprint density at radius 2 is 2.10 bits per heavy atom. The van der Waals surface area contributed by atoms with E-state index in [0.717, 1.165) is 0 Å². The Labute approximate surface area is 126 Å². The molecule has 0 radical (unpaired) electrons. The number of hydrogen-bond donors (Lipinski definition) is 1. The van der Waals surface area contributed by atoms with Crippen molar-refractivity contribution in [3.63, 3.8) is 0 Å². The average Bonchev–Trinajstić information content (AvgIpc) is 2.86. The molecule has 7 nitrogen and oxygen atoms in total. The number of nitrogens with zero attached hydrogens (tertiary/aromatic N) is 4. The molecule has 1 amide bonds. The van der Waals surface area contributed by atoms with Gasteiger partial charge in [-0.3, -0.25) is 9.59 Å². The molecule has 1 aromatic heterocycles. The number of hydrogen-bond acceptors (Lipinski definition) is 6. The number of carbonyl (C=O) groups is 2. The molecule has 8 heteroatoms. The van der Waals surface area contributed by atoms with Gasteiger partial charge in [0.15, 0.2) is 0 Å². The van der Waals surface area contributed by atoms with Gasteiger partial charge in [-0.2, -0.15) is 4.68 Å². The SMILES string of the molecule is CC(=O)Nc1cccc(-n2nnnc2S[C@@H](C)C(C)=O)c1. The number of benzene rings is 1. The standard InChI is InChI=1S/C13H15N5O2S/c1-8(19)9(2)21-13-15-16-17-18(13)12-6-4-5-11(7-12)14-10(3)20/h4-7,9H,1-3H3,(H,14,20)/t9-/m0/s1. The highest BCUT2D eigenvalue weighted by atomic mass is 32.2. The first-order valence-electron chi connectivity index (χ1n) is 6.31. The van der Waals surface area contributed by atoms with Gasteiger partial charge in [0.25, 0.3) is 0 Å². The van der Waals surface area contributed by atoms with Gasteiger partial charge in [0.2, 0.25) is 11.1 Å². The molecule has 1 N–H and O–H groups in total. The van der Waals surface area contributed by atoms with Crippen LogP contribution in [0.3, 0.4) is 0 Å². The summed E-state index contributed by atoms with van der Waals surface area (Å²) < 4.78 is 1.54. The second-order valence-electron chi connectivity index (χ2n) is 4.48. The van der Waals surface area contributed by atoms with Crippen LogP contribution in [0.1, 0.15) is 20.8 Å². The Morgan fingerprint density at radius 3 is 2.76 bits per heavy atom. The van der Waals surface area contributed by atoms with Crippen LogP contribution in [0.5, 0.6) is 0 Å². The fourth-order valence-corrected chi connectivity index (χ4v) is 2.38. The first kappa shape index (κ1) is 15.2. The third kappa shape index (κ3) is 3.88. The minimum Gasteiger partial charge on any atom is -0.326 e. The molecule has 0 saturated heterocycles. The van der Waals surface area contributed by atoms with Crippen LogP contribution in [-0.2, 0) is 9.59 Å². The van der Waals surface area contributed by atoms with E-state index in [9.17, 15) is 9.59 Å². The number of nitrogens with one attached hydrogen (secondary N) is 1. The monoisotopic (exact) mass is 305 g/mol. The van der Waals surface area contributed by atoms with Crippen molar-refractivity contribution in [3.8, 4) is 5.69 Å². The normalized spacial score (nSPS) is 12.0. The van der Waals surface area contributed by atoms with E-state index in [1.807, 2.05) is 6.07 Å². The number of Topliss-reactive ketones (excluding diaryl/α,β-unsaturated/α-hetero) is 1. The highest BCUT2D eigenvalue weighted by Crippen LogP contribution is 2.24. The Balaban J connectivity index is 2.28.